The van der Waals surface area contributed by atoms with Crippen molar-refractivity contribution in [3.05, 3.63) is 90.0 Å². The van der Waals surface area contributed by atoms with Crippen LogP contribution in [0.2, 0.25) is 0 Å². The zero-order chi connectivity index (χ0) is 23.9. The average Bonchev–Trinajstić information content (AvgIpc) is 3.38. The van der Waals surface area contributed by atoms with E-state index in [1.54, 1.807) is 12.5 Å². The van der Waals surface area contributed by atoms with E-state index in [9.17, 15) is 4.79 Å². The smallest absolute Gasteiger partial charge is 0.248 e. The summed E-state index contributed by atoms with van der Waals surface area (Å²) in [6.45, 7) is 1.95. The minimum atomic E-state index is -0.113. The molecule has 35 heavy (non-hydrogen) atoms. The summed E-state index contributed by atoms with van der Waals surface area (Å²) in [5.74, 6) is 0.742. The molecule has 0 atom stereocenters. The van der Waals surface area contributed by atoms with E-state index in [4.69, 9.17) is 9.57 Å². The van der Waals surface area contributed by atoms with Crippen LogP contribution in [0.3, 0.4) is 0 Å². The van der Waals surface area contributed by atoms with E-state index in [1.165, 1.54) is 17.5 Å². The third kappa shape index (κ3) is 5.57. The lowest BCUT2D eigenvalue weighted by Crippen LogP contribution is -2.46. The first-order chi connectivity index (χ1) is 17.2. The van der Waals surface area contributed by atoms with Crippen molar-refractivity contribution in [3.63, 3.8) is 0 Å². The maximum Gasteiger partial charge on any atom is 0.248 e. The van der Waals surface area contributed by atoms with Gasteiger partial charge in [-0.2, -0.15) is 0 Å². The first-order valence-corrected chi connectivity index (χ1v) is 12.3. The standard InChI is InChI=1S/C28H32N4O3/c33-27(30-20-28(12-5-13-28)23-7-2-1-3-8-23)19-35-31-26-9-4-6-22-18-24(10-11-25(22)26)34-17-16-32-15-14-29-21-32/h1-3,7-11,14-15,18,21,31H,4-6,12-13,16-17,19-20H2,(H,30,33). The molecule has 0 spiro atoms. The first kappa shape index (κ1) is 23.2. The van der Waals surface area contributed by atoms with Crippen LogP contribution in [0, 0.1) is 0 Å². The summed E-state index contributed by atoms with van der Waals surface area (Å²) in [6, 6.07) is 16.6. The number of hydroxylamine groups is 1. The number of rotatable bonds is 11. The zero-order valence-electron chi connectivity index (χ0n) is 19.9. The Morgan fingerprint density at radius 3 is 2.80 bits per heavy atom. The number of hydrogen-bond donors (Lipinski definition) is 2. The van der Waals surface area contributed by atoms with Crippen LogP contribution < -0.4 is 15.5 Å². The number of carbonyl (C=O) groups is 1. The molecule has 1 saturated carbocycles. The lowest BCUT2D eigenvalue weighted by molar-refractivity contribution is -0.127. The Bertz CT molecular complexity index is 1150. The van der Waals surface area contributed by atoms with Gasteiger partial charge in [0.2, 0.25) is 5.91 Å². The van der Waals surface area contributed by atoms with Gasteiger partial charge in [0, 0.05) is 29.9 Å². The lowest BCUT2D eigenvalue weighted by atomic mass is 9.64. The molecule has 2 aromatic carbocycles. The van der Waals surface area contributed by atoms with Gasteiger partial charge in [-0.1, -0.05) is 42.8 Å². The fraction of sp³-hybridized carbons (Fsp3) is 0.357. The van der Waals surface area contributed by atoms with Gasteiger partial charge in [0.15, 0.2) is 6.61 Å². The van der Waals surface area contributed by atoms with Crippen LogP contribution in [-0.4, -0.2) is 35.2 Å². The number of aromatic nitrogens is 2. The van der Waals surface area contributed by atoms with Crippen molar-refractivity contribution in [1.82, 2.24) is 20.3 Å². The summed E-state index contributed by atoms with van der Waals surface area (Å²) in [6.07, 6.45) is 12.9. The van der Waals surface area contributed by atoms with Crippen LogP contribution in [0.4, 0.5) is 0 Å². The summed E-state index contributed by atoms with van der Waals surface area (Å²) in [5, 5.41) is 3.07. The maximum absolute atomic E-state index is 12.5. The van der Waals surface area contributed by atoms with Crippen molar-refractivity contribution in [2.75, 3.05) is 19.8 Å². The molecule has 0 aliphatic heterocycles. The highest BCUT2D eigenvalue weighted by Crippen LogP contribution is 2.43. The molecule has 5 rings (SSSR count). The Balaban J connectivity index is 1.08. The maximum atomic E-state index is 12.5. The van der Waals surface area contributed by atoms with Crippen molar-refractivity contribution >= 4 is 11.6 Å². The molecule has 182 valence electrons. The molecule has 2 N–H and O–H groups in total. The molecule has 0 saturated heterocycles. The molecule has 7 nitrogen and oxygen atoms in total. The molecule has 2 aliphatic rings. The van der Waals surface area contributed by atoms with Gasteiger partial charge in [-0.05, 0) is 55.0 Å². The number of aryl methyl sites for hydroxylation is 1. The summed E-state index contributed by atoms with van der Waals surface area (Å²) >= 11 is 0. The lowest BCUT2D eigenvalue weighted by Gasteiger charge is -2.42. The third-order valence-electron chi connectivity index (χ3n) is 7.01. The van der Waals surface area contributed by atoms with E-state index in [0.29, 0.717) is 13.2 Å². The fourth-order valence-electron chi connectivity index (χ4n) is 4.86. The summed E-state index contributed by atoms with van der Waals surface area (Å²) in [5.41, 5.74) is 7.54. The van der Waals surface area contributed by atoms with Gasteiger partial charge in [-0.25, -0.2) is 4.98 Å². The molecule has 3 aromatic rings. The second kappa shape index (κ2) is 10.8. The summed E-state index contributed by atoms with van der Waals surface area (Å²) < 4.78 is 7.91. The molecule has 1 amide bonds. The van der Waals surface area contributed by atoms with Gasteiger partial charge < -0.3 is 14.6 Å². The molecule has 1 fully saturated rings. The number of imidazole rings is 1. The van der Waals surface area contributed by atoms with Crippen molar-refractivity contribution in [2.45, 2.75) is 44.1 Å². The first-order valence-electron chi connectivity index (χ1n) is 12.3. The molecule has 0 unspecified atom stereocenters. The molecule has 0 bridgehead atoms. The molecule has 2 aliphatic carbocycles. The SMILES string of the molecule is O=C(CONC1=CCCc2cc(OCCn3ccnc3)ccc21)NCC1(c2ccccc2)CCC1. The number of hydrogen-bond acceptors (Lipinski definition) is 5. The Kier molecular flexibility index (Phi) is 7.14. The van der Waals surface area contributed by atoms with Crippen LogP contribution in [-0.2, 0) is 28.0 Å². The molecule has 1 aromatic heterocycles. The summed E-state index contributed by atoms with van der Waals surface area (Å²) in [4.78, 5) is 22.1. The Morgan fingerprint density at radius 1 is 1.14 bits per heavy atom. The normalized spacial score (nSPS) is 15.9. The van der Waals surface area contributed by atoms with Gasteiger partial charge in [0.25, 0.3) is 0 Å². The molecule has 1 heterocycles. The largest absolute Gasteiger partial charge is 0.492 e. The zero-order valence-corrected chi connectivity index (χ0v) is 19.9. The Morgan fingerprint density at radius 2 is 2.03 bits per heavy atom. The van der Waals surface area contributed by atoms with E-state index in [0.717, 1.165) is 49.2 Å². The predicted octanol–water partition coefficient (Wildman–Crippen LogP) is 4.01. The predicted molar refractivity (Wildman–Crippen MR) is 135 cm³/mol. The van der Waals surface area contributed by atoms with Gasteiger partial charge in [-0.3, -0.25) is 15.1 Å². The molecular formula is C28H32N4O3. The third-order valence-corrected chi connectivity index (χ3v) is 7.01. The highest BCUT2D eigenvalue weighted by atomic mass is 16.6. The van der Waals surface area contributed by atoms with Crippen molar-refractivity contribution in [3.8, 4) is 5.75 Å². The highest BCUT2D eigenvalue weighted by Gasteiger charge is 2.38. The van der Waals surface area contributed by atoms with Crippen LogP contribution in [0.15, 0.2) is 73.3 Å². The number of nitrogens with one attached hydrogen (secondary N) is 2. The van der Waals surface area contributed by atoms with Gasteiger partial charge >= 0.3 is 0 Å². The minimum Gasteiger partial charge on any atom is -0.492 e. The topological polar surface area (TPSA) is 77.4 Å². The van der Waals surface area contributed by atoms with Crippen LogP contribution in [0.1, 0.15) is 42.4 Å². The number of benzene rings is 2. The van der Waals surface area contributed by atoms with E-state index in [-0.39, 0.29) is 17.9 Å². The number of amides is 1. The Hall–Kier alpha value is -3.58. The number of fused-ring (bicyclic) bond motifs is 1. The molecule has 7 heteroatoms. The molecule has 0 radical (unpaired) electrons. The van der Waals surface area contributed by atoms with Crippen LogP contribution in [0.5, 0.6) is 5.75 Å². The second-order valence-corrected chi connectivity index (χ2v) is 9.29. The van der Waals surface area contributed by atoms with Crippen molar-refractivity contribution in [2.24, 2.45) is 0 Å². The average molecular weight is 473 g/mol. The van der Waals surface area contributed by atoms with E-state index in [1.807, 2.05) is 29.0 Å². The fourth-order valence-corrected chi connectivity index (χ4v) is 4.86. The van der Waals surface area contributed by atoms with Crippen LogP contribution >= 0.6 is 0 Å². The minimum absolute atomic E-state index is 0.0347. The van der Waals surface area contributed by atoms with E-state index < -0.39 is 0 Å². The van der Waals surface area contributed by atoms with Crippen molar-refractivity contribution < 1.29 is 14.4 Å². The summed E-state index contributed by atoms with van der Waals surface area (Å²) in [7, 11) is 0. The van der Waals surface area contributed by atoms with Crippen LogP contribution in [0.25, 0.3) is 5.70 Å². The second-order valence-electron chi connectivity index (χ2n) is 9.29. The Labute approximate surface area is 206 Å². The van der Waals surface area contributed by atoms with Gasteiger partial charge in [0.1, 0.15) is 12.4 Å². The number of carbonyl (C=O) groups excluding carboxylic acids is 1. The molecular weight excluding hydrogens is 440 g/mol. The number of nitrogens with zero attached hydrogens (tertiary/aromatic N) is 2. The van der Waals surface area contributed by atoms with Gasteiger partial charge in [0.05, 0.1) is 18.6 Å². The van der Waals surface area contributed by atoms with Gasteiger partial charge in [-0.15, -0.1) is 0 Å². The van der Waals surface area contributed by atoms with Crippen molar-refractivity contribution in [1.29, 1.82) is 0 Å². The number of ether oxygens (including phenoxy) is 1. The quantitative estimate of drug-likeness (QED) is 0.413. The van der Waals surface area contributed by atoms with E-state index >= 15 is 0 Å². The monoisotopic (exact) mass is 472 g/mol. The highest BCUT2D eigenvalue weighted by molar-refractivity contribution is 5.77. The van der Waals surface area contributed by atoms with E-state index in [2.05, 4.69) is 52.2 Å². The number of allylic oxidation sites excluding steroid dienone is 1.